The van der Waals surface area contributed by atoms with Crippen molar-refractivity contribution >= 4 is 27.5 Å². The molecule has 1 aromatic rings. The quantitative estimate of drug-likeness (QED) is 0.897. The molecule has 17 heavy (non-hydrogen) atoms. The second-order valence-corrected chi connectivity index (χ2v) is 5.14. The van der Waals surface area contributed by atoms with Gasteiger partial charge in [0.2, 0.25) is 5.91 Å². The van der Waals surface area contributed by atoms with Crippen LogP contribution in [-0.4, -0.2) is 11.9 Å². The molecular formula is C13H19BrN2O. The van der Waals surface area contributed by atoms with Crippen molar-refractivity contribution in [1.82, 2.24) is 0 Å². The van der Waals surface area contributed by atoms with Gasteiger partial charge in [-0.25, -0.2) is 0 Å². The number of hydrogen-bond donors (Lipinski definition) is 2. The van der Waals surface area contributed by atoms with Crippen LogP contribution in [-0.2, 0) is 4.79 Å². The van der Waals surface area contributed by atoms with Crippen molar-refractivity contribution in [3.63, 3.8) is 0 Å². The summed E-state index contributed by atoms with van der Waals surface area (Å²) in [5.41, 5.74) is 8.80. The summed E-state index contributed by atoms with van der Waals surface area (Å²) in [6, 6.07) is 3.84. The van der Waals surface area contributed by atoms with E-state index in [0.717, 1.165) is 27.7 Å². The molecule has 0 aliphatic heterocycles. The van der Waals surface area contributed by atoms with E-state index in [-0.39, 0.29) is 11.9 Å². The minimum atomic E-state index is -0.0624. The lowest BCUT2D eigenvalue weighted by molar-refractivity contribution is -0.116. The van der Waals surface area contributed by atoms with E-state index in [4.69, 9.17) is 5.73 Å². The third kappa shape index (κ3) is 4.13. The average Bonchev–Trinajstić information content (AvgIpc) is 2.25. The normalized spacial score (nSPS) is 12.3. The lowest BCUT2D eigenvalue weighted by atomic mass is 10.1. The highest BCUT2D eigenvalue weighted by molar-refractivity contribution is 9.10. The molecular weight excluding hydrogens is 280 g/mol. The Kier molecular flexibility index (Phi) is 5.15. The predicted molar refractivity (Wildman–Crippen MR) is 75.1 cm³/mol. The average molecular weight is 299 g/mol. The monoisotopic (exact) mass is 298 g/mol. The largest absolute Gasteiger partial charge is 0.327 e. The summed E-state index contributed by atoms with van der Waals surface area (Å²) < 4.78 is 1.08. The minimum Gasteiger partial charge on any atom is -0.327 e. The van der Waals surface area contributed by atoms with Crippen molar-refractivity contribution in [2.45, 2.75) is 39.7 Å². The highest BCUT2D eigenvalue weighted by atomic mass is 79.9. The fraction of sp³-hybridized carbons (Fsp3) is 0.462. The molecule has 0 radical (unpaired) electrons. The first-order chi connectivity index (χ1) is 7.93. The van der Waals surface area contributed by atoms with E-state index < -0.39 is 0 Å². The number of benzene rings is 1. The first-order valence-electron chi connectivity index (χ1n) is 5.76. The van der Waals surface area contributed by atoms with E-state index >= 15 is 0 Å². The van der Waals surface area contributed by atoms with E-state index in [1.807, 2.05) is 32.9 Å². The van der Waals surface area contributed by atoms with Gasteiger partial charge in [0, 0.05) is 22.6 Å². The Morgan fingerprint density at radius 2 is 1.94 bits per heavy atom. The molecule has 0 saturated carbocycles. The van der Waals surface area contributed by atoms with Crippen LogP contribution in [0.4, 0.5) is 5.69 Å². The van der Waals surface area contributed by atoms with Gasteiger partial charge in [-0.2, -0.15) is 0 Å². The molecule has 1 rings (SSSR count). The molecule has 1 aromatic carbocycles. The number of halogens is 1. The summed E-state index contributed by atoms with van der Waals surface area (Å²) in [6.07, 6.45) is 1.18. The first kappa shape index (κ1) is 14.2. The van der Waals surface area contributed by atoms with E-state index in [1.54, 1.807) is 0 Å². The van der Waals surface area contributed by atoms with Crippen LogP contribution >= 0.6 is 15.9 Å². The molecule has 0 aromatic heterocycles. The van der Waals surface area contributed by atoms with Gasteiger partial charge in [0.25, 0.3) is 0 Å². The van der Waals surface area contributed by atoms with Crippen molar-refractivity contribution < 1.29 is 4.79 Å². The van der Waals surface area contributed by atoms with Crippen LogP contribution in [0.15, 0.2) is 16.6 Å². The number of aryl methyl sites for hydroxylation is 2. The number of hydrogen-bond acceptors (Lipinski definition) is 2. The number of carbonyl (C=O) groups excluding carboxylic acids is 1. The van der Waals surface area contributed by atoms with Gasteiger partial charge >= 0.3 is 0 Å². The Balaban J connectivity index is 2.72. The van der Waals surface area contributed by atoms with Crippen molar-refractivity contribution in [2.75, 3.05) is 5.32 Å². The zero-order valence-electron chi connectivity index (χ0n) is 10.5. The Hall–Kier alpha value is -0.870. The van der Waals surface area contributed by atoms with Gasteiger partial charge < -0.3 is 11.1 Å². The van der Waals surface area contributed by atoms with E-state index in [1.165, 1.54) is 0 Å². The van der Waals surface area contributed by atoms with Gasteiger partial charge in [0.15, 0.2) is 0 Å². The van der Waals surface area contributed by atoms with Gasteiger partial charge in [-0.3, -0.25) is 4.79 Å². The number of carbonyl (C=O) groups is 1. The Morgan fingerprint density at radius 3 is 2.41 bits per heavy atom. The molecule has 3 N–H and O–H groups in total. The van der Waals surface area contributed by atoms with E-state index in [9.17, 15) is 4.79 Å². The SMILES string of the molecule is CCC(N)CC(=O)Nc1cc(C)c(Br)c(C)c1. The Bertz CT molecular complexity index is 395. The molecule has 0 bridgehead atoms. The molecule has 0 aliphatic carbocycles. The maximum Gasteiger partial charge on any atom is 0.225 e. The highest BCUT2D eigenvalue weighted by Gasteiger charge is 2.09. The summed E-state index contributed by atoms with van der Waals surface area (Å²) in [7, 11) is 0. The van der Waals surface area contributed by atoms with Gasteiger partial charge in [-0.15, -0.1) is 0 Å². The molecule has 1 atom stereocenters. The van der Waals surface area contributed by atoms with Crippen LogP contribution in [0.5, 0.6) is 0 Å². The summed E-state index contributed by atoms with van der Waals surface area (Å²) in [5, 5.41) is 2.88. The number of nitrogens with one attached hydrogen (secondary N) is 1. The number of amides is 1. The van der Waals surface area contributed by atoms with Gasteiger partial charge in [-0.05, 0) is 43.5 Å². The number of anilines is 1. The molecule has 1 unspecified atom stereocenters. The molecule has 0 heterocycles. The summed E-state index contributed by atoms with van der Waals surface area (Å²) >= 11 is 3.50. The summed E-state index contributed by atoms with van der Waals surface area (Å²) in [6.45, 7) is 5.99. The molecule has 0 fully saturated rings. The van der Waals surface area contributed by atoms with Crippen molar-refractivity contribution in [1.29, 1.82) is 0 Å². The summed E-state index contributed by atoms with van der Waals surface area (Å²) in [4.78, 5) is 11.7. The molecule has 0 spiro atoms. The zero-order chi connectivity index (χ0) is 13.0. The second-order valence-electron chi connectivity index (χ2n) is 4.34. The maximum atomic E-state index is 11.7. The smallest absolute Gasteiger partial charge is 0.225 e. The molecule has 0 aliphatic rings. The maximum absolute atomic E-state index is 11.7. The van der Waals surface area contributed by atoms with Gasteiger partial charge in [-0.1, -0.05) is 22.9 Å². The lowest BCUT2D eigenvalue weighted by Gasteiger charge is -2.11. The van der Waals surface area contributed by atoms with Crippen LogP contribution in [0.1, 0.15) is 30.9 Å². The molecule has 0 saturated heterocycles. The standard InChI is InChI=1S/C13H19BrN2O/c1-4-10(15)7-12(17)16-11-5-8(2)13(14)9(3)6-11/h5-6,10H,4,7,15H2,1-3H3,(H,16,17). The Morgan fingerprint density at radius 1 is 1.41 bits per heavy atom. The molecule has 1 amide bonds. The van der Waals surface area contributed by atoms with Crippen LogP contribution in [0.25, 0.3) is 0 Å². The minimum absolute atomic E-state index is 0.0273. The predicted octanol–water partition coefficient (Wildman–Crippen LogP) is 3.13. The molecule has 94 valence electrons. The summed E-state index contributed by atoms with van der Waals surface area (Å²) in [5.74, 6) is -0.0273. The first-order valence-corrected chi connectivity index (χ1v) is 6.55. The van der Waals surface area contributed by atoms with Crippen LogP contribution in [0.2, 0.25) is 0 Å². The third-order valence-electron chi connectivity index (χ3n) is 2.69. The third-order valence-corrected chi connectivity index (χ3v) is 3.94. The van der Waals surface area contributed by atoms with Crippen LogP contribution < -0.4 is 11.1 Å². The fourth-order valence-corrected chi connectivity index (χ4v) is 1.84. The Labute approximate surface area is 111 Å². The van der Waals surface area contributed by atoms with Crippen molar-refractivity contribution in [3.05, 3.63) is 27.7 Å². The van der Waals surface area contributed by atoms with Crippen molar-refractivity contribution in [2.24, 2.45) is 5.73 Å². The number of rotatable bonds is 4. The number of nitrogens with two attached hydrogens (primary N) is 1. The van der Waals surface area contributed by atoms with Crippen molar-refractivity contribution in [3.8, 4) is 0 Å². The lowest BCUT2D eigenvalue weighted by Crippen LogP contribution is -2.26. The zero-order valence-corrected chi connectivity index (χ0v) is 12.1. The van der Waals surface area contributed by atoms with E-state index in [2.05, 4.69) is 21.2 Å². The van der Waals surface area contributed by atoms with Crippen LogP contribution in [0, 0.1) is 13.8 Å². The topological polar surface area (TPSA) is 55.1 Å². The highest BCUT2D eigenvalue weighted by Crippen LogP contribution is 2.25. The molecule has 3 nitrogen and oxygen atoms in total. The van der Waals surface area contributed by atoms with Crippen LogP contribution in [0.3, 0.4) is 0 Å². The second kappa shape index (κ2) is 6.17. The van der Waals surface area contributed by atoms with Gasteiger partial charge in [0.05, 0.1) is 0 Å². The molecule has 4 heteroatoms. The van der Waals surface area contributed by atoms with E-state index in [0.29, 0.717) is 6.42 Å². The van der Waals surface area contributed by atoms with Gasteiger partial charge in [0.1, 0.15) is 0 Å². The fourth-order valence-electron chi connectivity index (χ4n) is 1.61.